The van der Waals surface area contributed by atoms with Gasteiger partial charge in [-0.1, -0.05) is 17.7 Å². The molecule has 1 aromatic carbocycles. The first kappa shape index (κ1) is 11.6. The first-order valence-electron chi connectivity index (χ1n) is 6.09. The molecule has 0 saturated carbocycles. The van der Waals surface area contributed by atoms with Crippen molar-refractivity contribution in [1.82, 2.24) is 9.78 Å². The zero-order chi connectivity index (χ0) is 13.4. The van der Waals surface area contributed by atoms with Gasteiger partial charge in [-0.2, -0.15) is 10.2 Å². The second kappa shape index (κ2) is 4.35. The van der Waals surface area contributed by atoms with E-state index >= 15 is 0 Å². The van der Waals surface area contributed by atoms with Gasteiger partial charge in [0, 0.05) is 18.8 Å². The molecule has 3 rings (SSSR count). The molecule has 0 aliphatic carbocycles. The molecule has 0 bridgehead atoms. The predicted molar refractivity (Wildman–Crippen MR) is 73.0 cm³/mol. The molecule has 0 N–H and O–H groups in total. The van der Waals surface area contributed by atoms with Gasteiger partial charge >= 0.3 is 0 Å². The number of carbonyl (C=O) groups excluding carboxylic acids is 1. The highest BCUT2D eigenvalue weighted by Gasteiger charge is 2.26. The van der Waals surface area contributed by atoms with Gasteiger partial charge in [0.1, 0.15) is 0 Å². The fourth-order valence-electron chi connectivity index (χ4n) is 2.05. The van der Waals surface area contributed by atoms with Crippen LogP contribution in [-0.2, 0) is 11.8 Å². The molecule has 2 heterocycles. The third-order valence-corrected chi connectivity index (χ3v) is 3.09. The van der Waals surface area contributed by atoms with Gasteiger partial charge in [0.2, 0.25) is 0 Å². The second-order valence-corrected chi connectivity index (χ2v) is 4.67. The van der Waals surface area contributed by atoms with Gasteiger partial charge in [0.25, 0.3) is 5.91 Å². The van der Waals surface area contributed by atoms with Crippen LogP contribution in [0.4, 0.5) is 5.69 Å². The van der Waals surface area contributed by atoms with Gasteiger partial charge in [0.15, 0.2) is 0 Å². The molecule has 1 aliphatic rings. The molecule has 0 atom stereocenters. The Hall–Kier alpha value is -2.43. The van der Waals surface area contributed by atoms with Crippen LogP contribution in [0.1, 0.15) is 17.5 Å². The lowest BCUT2D eigenvalue weighted by molar-refractivity contribution is -0.116. The number of hydrogen-bond donors (Lipinski definition) is 0. The van der Waals surface area contributed by atoms with Crippen LogP contribution < -0.4 is 5.01 Å². The first-order valence-corrected chi connectivity index (χ1v) is 6.09. The average Bonchev–Trinajstić information content (AvgIpc) is 2.97. The summed E-state index contributed by atoms with van der Waals surface area (Å²) in [5, 5.41) is 9.96. The predicted octanol–water partition coefficient (Wildman–Crippen LogP) is 1.87. The summed E-state index contributed by atoms with van der Waals surface area (Å²) in [6.07, 6.45) is 3.91. The topological polar surface area (TPSA) is 50.5 Å². The van der Waals surface area contributed by atoms with Crippen LogP contribution in [0.25, 0.3) is 0 Å². The molecular weight excluding hydrogens is 240 g/mol. The van der Waals surface area contributed by atoms with Crippen LogP contribution >= 0.6 is 0 Å². The minimum atomic E-state index is -0.0114. The van der Waals surface area contributed by atoms with E-state index in [2.05, 4.69) is 10.2 Å². The smallest absolute Gasteiger partial charge is 0.253 e. The number of aryl methyl sites for hydroxylation is 2. The SMILES string of the molecule is Cc1ccc(N2N=C(c3cnn(C)c3)CC2=O)cc1. The number of carbonyl (C=O) groups is 1. The molecule has 0 spiro atoms. The lowest BCUT2D eigenvalue weighted by atomic mass is 10.1. The number of hydrazone groups is 1. The van der Waals surface area contributed by atoms with E-state index in [0.29, 0.717) is 6.42 Å². The zero-order valence-electron chi connectivity index (χ0n) is 10.9. The molecule has 0 radical (unpaired) electrons. The van der Waals surface area contributed by atoms with Gasteiger partial charge in [-0.25, -0.2) is 5.01 Å². The summed E-state index contributed by atoms with van der Waals surface area (Å²) in [7, 11) is 1.85. The maximum atomic E-state index is 12.0. The summed E-state index contributed by atoms with van der Waals surface area (Å²) in [6.45, 7) is 2.01. The van der Waals surface area contributed by atoms with Crippen molar-refractivity contribution in [1.29, 1.82) is 0 Å². The molecule has 5 nitrogen and oxygen atoms in total. The van der Waals surface area contributed by atoms with E-state index < -0.39 is 0 Å². The van der Waals surface area contributed by atoms with Gasteiger partial charge in [0.05, 0.1) is 24.0 Å². The van der Waals surface area contributed by atoms with Crippen molar-refractivity contribution in [3.8, 4) is 0 Å². The minimum absolute atomic E-state index is 0.0114. The van der Waals surface area contributed by atoms with Gasteiger partial charge in [-0.3, -0.25) is 9.48 Å². The van der Waals surface area contributed by atoms with Crippen molar-refractivity contribution in [3.05, 3.63) is 47.8 Å². The van der Waals surface area contributed by atoms with Gasteiger partial charge in [-0.15, -0.1) is 0 Å². The Kier molecular flexibility index (Phi) is 2.67. The summed E-state index contributed by atoms with van der Waals surface area (Å²) >= 11 is 0. The second-order valence-electron chi connectivity index (χ2n) is 4.67. The Bertz CT molecular complexity index is 654. The van der Waals surface area contributed by atoms with E-state index in [1.807, 2.05) is 44.4 Å². The van der Waals surface area contributed by atoms with Crippen molar-refractivity contribution in [2.45, 2.75) is 13.3 Å². The fourth-order valence-corrected chi connectivity index (χ4v) is 2.05. The Labute approximate surface area is 111 Å². The molecule has 2 aromatic rings. The van der Waals surface area contributed by atoms with Crippen LogP contribution in [-0.4, -0.2) is 21.4 Å². The molecule has 1 amide bonds. The third-order valence-electron chi connectivity index (χ3n) is 3.09. The molecule has 0 unspecified atom stereocenters. The molecule has 0 fully saturated rings. The standard InChI is InChI=1S/C14H14N4O/c1-10-3-5-12(6-4-10)18-14(19)7-13(16-18)11-8-15-17(2)9-11/h3-6,8-9H,7H2,1-2H3. The summed E-state index contributed by atoms with van der Waals surface area (Å²) in [5.74, 6) is -0.0114. The van der Waals surface area contributed by atoms with Crippen LogP contribution in [0.3, 0.4) is 0 Å². The number of anilines is 1. The van der Waals surface area contributed by atoms with Crippen LogP contribution in [0.2, 0.25) is 0 Å². The molecule has 19 heavy (non-hydrogen) atoms. The third kappa shape index (κ3) is 2.14. The van der Waals surface area contributed by atoms with Gasteiger partial charge in [-0.05, 0) is 19.1 Å². The van der Waals surface area contributed by atoms with Crippen molar-refractivity contribution in [2.24, 2.45) is 12.1 Å². The molecule has 1 aliphatic heterocycles. The van der Waals surface area contributed by atoms with E-state index in [4.69, 9.17) is 0 Å². The van der Waals surface area contributed by atoms with Crippen molar-refractivity contribution in [2.75, 3.05) is 5.01 Å². The lowest BCUT2D eigenvalue weighted by Gasteiger charge is -2.11. The fraction of sp³-hybridized carbons (Fsp3) is 0.214. The van der Waals surface area contributed by atoms with E-state index in [1.165, 1.54) is 5.01 Å². The van der Waals surface area contributed by atoms with E-state index in [-0.39, 0.29) is 5.91 Å². The highest BCUT2D eigenvalue weighted by atomic mass is 16.2. The van der Waals surface area contributed by atoms with E-state index in [0.717, 1.165) is 22.5 Å². The molecule has 5 heteroatoms. The van der Waals surface area contributed by atoms with E-state index in [9.17, 15) is 4.79 Å². The Morgan fingerprint density at radius 3 is 2.58 bits per heavy atom. The number of benzene rings is 1. The summed E-state index contributed by atoms with van der Waals surface area (Å²) in [6, 6.07) is 7.76. The number of aromatic nitrogens is 2. The number of nitrogens with zero attached hydrogens (tertiary/aromatic N) is 4. The molecule has 96 valence electrons. The van der Waals surface area contributed by atoms with Crippen molar-refractivity contribution < 1.29 is 4.79 Å². The quantitative estimate of drug-likeness (QED) is 0.821. The molecule has 1 aromatic heterocycles. The normalized spacial score (nSPS) is 14.9. The van der Waals surface area contributed by atoms with Crippen LogP contribution in [0.15, 0.2) is 41.8 Å². The first-order chi connectivity index (χ1) is 9.13. The Morgan fingerprint density at radius 1 is 1.21 bits per heavy atom. The zero-order valence-corrected chi connectivity index (χ0v) is 10.9. The van der Waals surface area contributed by atoms with E-state index in [1.54, 1.807) is 10.9 Å². The largest absolute Gasteiger partial charge is 0.275 e. The monoisotopic (exact) mass is 254 g/mol. The molecule has 0 saturated heterocycles. The van der Waals surface area contributed by atoms with Gasteiger partial charge < -0.3 is 0 Å². The number of amides is 1. The highest BCUT2D eigenvalue weighted by Crippen LogP contribution is 2.22. The van der Waals surface area contributed by atoms with Crippen molar-refractivity contribution in [3.63, 3.8) is 0 Å². The maximum Gasteiger partial charge on any atom is 0.253 e. The average molecular weight is 254 g/mol. The molecular formula is C14H14N4O. The minimum Gasteiger partial charge on any atom is -0.275 e. The van der Waals surface area contributed by atoms with Crippen LogP contribution in [0.5, 0.6) is 0 Å². The lowest BCUT2D eigenvalue weighted by Crippen LogP contribution is -2.19. The Morgan fingerprint density at radius 2 is 1.95 bits per heavy atom. The number of hydrogen-bond acceptors (Lipinski definition) is 3. The maximum absolute atomic E-state index is 12.0. The highest BCUT2D eigenvalue weighted by molar-refractivity contribution is 6.19. The van der Waals surface area contributed by atoms with Crippen molar-refractivity contribution >= 4 is 17.3 Å². The summed E-state index contributed by atoms with van der Waals surface area (Å²) in [4.78, 5) is 12.0. The Balaban J connectivity index is 1.93. The number of rotatable bonds is 2. The summed E-state index contributed by atoms with van der Waals surface area (Å²) < 4.78 is 1.71. The summed E-state index contributed by atoms with van der Waals surface area (Å²) in [5.41, 5.74) is 3.62. The van der Waals surface area contributed by atoms with Crippen LogP contribution in [0, 0.1) is 6.92 Å².